The number of nitrogens with one attached hydrogen (secondary N) is 1. The molecule has 0 spiro atoms. The zero-order valence-corrected chi connectivity index (χ0v) is 13.0. The number of aromatic nitrogens is 3. The molecule has 112 valence electrons. The van der Waals surface area contributed by atoms with Crippen LogP contribution in [-0.4, -0.2) is 51.5 Å². The van der Waals surface area contributed by atoms with Crippen LogP contribution in [0.4, 0.5) is 11.9 Å². The van der Waals surface area contributed by atoms with Gasteiger partial charge in [-0.05, 0) is 19.3 Å². The summed E-state index contributed by atoms with van der Waals surface area (Å²) in [5.41, 5.74) is 0. The van der Waals surface area contributed by atoms with E-state index in [0.717, 1.165) is 32.0 Å². The zero-order chi connectivity index (χ0) is 14.4. The standard InChI is InChI=1S/C13H23N5OS/c1-3-6-14-11-15-12(18-7-4-5-8-18)17-13(16-11)20-10(2)9-19/h10,19H,3-9H2,1-2H3,(H,14,15,16,17). The van der Waals surface area contributed by atoms with E-state index < -0.39 is 0 Å². The van der Waals surface area contributed by atoms with Crippen LogP contribution in [0.25, 0.3) is 0 Å². The second-order valence-electron chi connectivity index (χ2n) is 4.97. The van der Waals surface area contributed by atoms with Gasteiger partial charge >= 0.3 is 0 Å². The van der Waals surface area contributed by atoms with E-state index in [1.165, 1.54) is 24.6 Å². The van der Waals surface area contributed by atoms with Gasteiger partial charge in [-0.3, -0.25) is 0 Å². The number of aliphatic hydroxyl groups excluding tert-OH is 1. The van der Waals surface area contributed by atoms with E-state index in [9.17, 15) is 0 Å². The van der Waals surface area contributed by atoms with E-state index in [2.05, 4.69) is 32.1 Å². The van der Waals surface area contributed by atoms with Crippen molar-refractivity contribution in [1.82, 2.24) is 15.0 Å². The molecule has 1 aromatic rings. The second kappa shape index (κ2) is 7.64. The van der Waals surface area contributed by atoms with Crippen LogP contribution < -0.4 is 10.2 Å². The highest BCUT2D eigenvalue weighted by atomic mass is 32.2. The summed E-state index contributed by atoms with van der Waals surface area (Å²) in [6.45, 7) is 7.06. The third-order valence-electron chi connectivity index (χ3n) is 3.09. The molecule has 1 aliphatic heterocycles. The maximum atomic E-state index is 9.17. The van der Waals surface area contributed by atoms with E-state index in [1.807, 2.05) is 6.92 Å². The lowest BCUT2D eigenvalue weighted by Gasteiger charge is -2.17. The minimum absolute atomic E-state index is 0.0860. The van der Waals surface area contributed by atoms with Crippen LogP contribution in [0.5, 0.6) is 0 Å². The summed E-state index contributed by atoms with van der Waals surface area (Å²) < 4.78 is 0. The molecule has 20 heavy (non-hydrogen) atoms. The fourth-order valence-electron chi connectivity index (χ4n) is 1.99. The van der Waals surface area contributed by atoms with Crippen molar-refractivity contribution in [2.75, 3.05) is 36.5 Å². The largest absolute Gasteiger partial charge is 0.395 e. The molecule has 2 heterocycles. The molecule has 1 aromatic heterocycles. The Balaban J connectivity index is 2.18. The highest BCUT2D eigenvalue weighted by molar-refractivity contribution is 7.99. The van der Waals surface area contributed by atoms with Crippen LogP contribution in [-0.2, 0) is 0 Å². The van der Waals surface area contributed by atoms with Crippen molar-refractivity contribution in [3.8, 4) is 0 Å². The van der Waals surface area contributed by atoms with Gasteiger partial charge in [0, 0.05) is 24.9 Å². The quantitative estimate of drug-likeness (QED) is 0.743. The van der Waals surface area contributed by atoms with Gasteiger partial charge in [0.05, 0.1) is 6.61 Å². The number of nitrogens with zero attached hydrogens (tertiary/aromatic N) is 4. The topological polar surface area (TPSA) is 74.2 Å². The number of rotatable bonds is 7. The Morgan fingerprint density at radius 3 is 2.70 bits per heavy atom. The molecule has 0 aliphatic carbocycles. The van der Waals surface area contributed by atoms with E-state index in [-0.39, 0.29) is 11.9 Å². The first-order valence-electron chi connectivity index (χ1n) is 7.25. The summed E-state index contributed by atoms with van der Waals surface area (Å²) in [5, 5.41) is 13.2. The first-order chi connectivity index (χ1) is 9.72. The van der Waals surface area contributed by atoms with Crippen molar-refractivity contribution >= 4 is 23.7 Å². The lowest BCUT2D eigenvalue weighted by Crippen LogP contribution is -2.22. The van der Waals surface area contributed by atoms with E-state index in [1.54, 1.807) is 0 Å². The second-order valence-corrected chi connectivity index (χ2v) is 6.38. The van der Waals surface area contributed by atoms with Gasteiger partial charge in [-0.1, -0.05) is 25.6 Å². The molecule has 1 saturated heterocycles. The molecule has 2 rings (SSSR count). The van der Waals surface area contributed by atoms with E-state index in [4.69, 9.17) is 5.11 Å². The summed E-state index contributed by atoms with van der Waals surface area (Å²) in [6.07, 6.45) is 3.41. The Morgan fingerprint density at radius 2 is 2.05 bits per heavy atom. The fourth-order valence-corrected chi connectivity index (χ4v) is 2.70. The molecule has 1 atom stereocenters. The zero-order valence-electron chi connectivity index (χ0n) is 12.2. The molecule has 0 radical (unpaired) electrons. The predicted molar refractivity (Wildman–Crippen MR) is 82.5 cm³/mol. The van der Waals surface area contributed by atoms with E-state index in [0.29, 0.717) is 11.1 Å². The maximum Gasteiger partial charge on any atom is 0.231 e. The van der Waals surface area contributed by atoms with Crippen molar-refractivity contribution in [3.63, 3.8) is 0 Å². The summed E-state index contributed by atoms with van der Waals surface area (Å²) >= 11 is 1.49. The molecule has 2 N–H and O–H groups in total. The van der Waals surface area contributed by atoms with Crippen LogP contribution in [0.3, 0.4) is 0 Å². The molecule has 1 fully saturated rings. The monoisotopic (exact) mass is 297 g/mol. The highest BCUT2D eigenvalue weighted by Crippen LogP contribution is 2.24. The molecular weight excluding hydrogens is 274 g/mol. The Kier molecular flexibility index (Phi) is 5.85. The summed E-state index contributed by atoms with van der Waals surface area (Å²) in [6, 6.07) is 0. The number of aliphatic hydroxyl groups is 1. The van der Waals surface area contributed by atoms with Crippen LogP contribution in [0, 0.1) is 0 Å². The van der Waals surface area contributed by atoms with Crippen molar-refractivity contribution in [2.45, 2.75) is 43.5 Å². The number of hydrogen-bond donors (Lipinski definition) is 2. The average molecular weight is 297 g/mol. The minimum Gasteiger partial charge on any atom is -0.395 e. The van der Waals surface area contributed by atoms with Gasteiger partial charge in [-0.15, -0.1) is 0 Å². The molecule has 6 nitrogen and oxygen atoms in total. The molecule has 0 saturated carbocycles. The van der Waals surface area contributed by atoms with Crippen molar-refractivity contribution in [1.29, 1.82) is 0 Å². The Morgan fingerprint density at radius 1 is 1.30 bits per heavy atom. The van der Waals surface area contributed by atoms with Gasteiger partial charge in [0.15, 0.2) is 5.16 Å². The molecule has 7 heteroatoms. The van der Waals surface area contributed by atoms with Crippen LogP contribution >= 0.6 is 11.8 Å². The van der Waals surface area contributed by atoms with Gasteiger partial charge in [0.1, 0.15) is 0 Å². The average Bonchev–Trinajstić information content (AvgIpc) is 2.99. The van der Waals surface area contributed by atoms with Crippen molar-refractivity contribution < 1.29 is 5.11 Å². The van der Waals surface area contributed by atoms with Gasteiger partial charge < -0.3 is 15.3 Å². The summed E-state index contributed by atoms with van der Waals surface area (Å²) in [4.78, 5) is 15.7. The predicted octanol–water partition coefficient (Wildman–Crippen LogP) is 1.77. The maximum absolute atomic E-state index is 9.17. The first kappa shape index (κ1) is 15.3. The Bertz CT molecular complexity index is 425. The third kappa shape index (κ3) is 4.21. The number of hydrogen-bond acceptors (Lipinski definition) is 7. The summed E-state index contributed by atoms with van der Waals surface area (Å²) in [7, 11) is 0. The van der Waals surface area contributed by atoms with E-state index >= 15 is 0 Å². The molecule has 1 aliphatic rings. The minimum atomic E-state index is 0.0860. The normalized spacial score (nSPS) is 16.4. The fraction of sp³-hybridized carbons (Fsp3) is 0.769. The van der Waals surface area contributed by atoms with Gasteiger partial charge in [-0.25, -0.2) is 0 Å². The molecule has 1 unspecified atom stereocenters. The number of anilines is 2. The lowest BCUT2D eigenvalue weighted by atomic mass is 10.4. The Labute approximate surface area is 124 Å². The van der Waals surface area contributed by atoms with Crippen LogP contribution in [0.2, 0.25) is 0 Å². The van der Waals surface area contributed by atoms with Gasteiger partial charge in [0.2, 0.25) is 11.9 Å². The molecule has 0 bridgehead atoms. The SMILES string of the molecule is CCCNc1nc(SC(C)CO)nc(N2CCCC2)n1. The van der Waals surface area contributed by atoms with Crippen LogP contribution in [0.1, 0.15) is 33.1 Å². The smallest absolute Gasteiger partial charge is 0.231 e. The Hall–Kier alpha value is -1.08. The van der Waals surface area contributed by atoms with Gasteiger partial charge in [-0.2, -0.15) is 15.0 Å². The molecular formula is C13H23N5OS. The van der Waals surface area contributed by atoms with Crippen LogP contribution in [0.15, 0.2) is 5.16 Å². The first-order valence-corrected chi connectivity index (χ1v) is 8.13. The summed E-state index contributed by atoms with van der Waals surface area (Å²) in [5.74, 6) is 1.39. The van der Waals surface area contributed by atoms with Crippen molar-refractivity contribution in [3.05, 3.63) is 0 Å². The molecule has 0 aromatic carbocycles. The van der Waals surface area contributed by atoms with Gasteiger partial charge in [0.25, 0.3) is 0 Å². The van der Waals surface area contributed by atoms with Crippen molar-refractivity contribution in [2.24, 2.45) is 0 Å². The third-order valence-corrected chi connectivity index (χ3v) is 4.03. The number of thioether (sulfide) groups is 1. The lowest BCUT2D eigenvalue weighted by molar-refractivity contribution is 0.300. The highest BCUT2D eigenvalue weighted by Gasteiger charge is 2.18. The molecule has 0 amide bonds.